The number of aryl methyl sites for hydroxylation is 1. The number of aromatic carboxylic acids is 1. The number of carbonyl (C=O) groups excluding carboxylic acids is 1. The van der Waals surface area contributed by atoms with Gasteiger partial charge in [-0.05, 0) is 49.1 Å². The summed E-state index contributed by atoms with van der Waals surface area (Å²) in [5.41, 5.74) is 1.33. The quantitative estimate of drug-likeness (QED) is 0.885. The van der Waals surface area contributed by atoms with E-state index in [1.165, 1.54) is 6.07 Å². The van der Waals surface area contributed by atoms with Gasteiger partial charge in [-0.1, -0.05) is 0 Å². The average molecular weight is 305 g/mol. The van der Waals surface area contributed by atoms with Crippen LogP contribution < -0.4 is 5.32 Å². The minimum atomic E-state index is -0.988. The molecule has 1 amide bonds. The van der Waals surface area contributed by atoms with Gasteiger partial charge in [-0.3, -0.25) is 4.79 Å². The van der Waals surface area contributed by atoms with Crippen LogP contribution in [0, 0.1) is 6.92 Å². The van der Waals surface area contributed by atoms with E-state index in [4.69, 9.17) is 9.52 Å². The summed E-state index contributed by atoms with van der Waals surface area (Å²) >= 11 is 1.61. The molecule has 110 valence electrons. The van der Waals surface area contributed by atoms with Crippen molar-refractivity contribution in [3.63, 3.8) is 0 Å². The highest BCUT2D eigenvalue weighted by molar-refractivity contribution is 7.97. The van der Waals surface area contributed by atoms with E-state index in [1.807, 2.05) is 6.26 Å². The second-order valence-corrected chi connectivity index (χ2v) is 5.35. The lowest BCUT2D eigenvalue weighted by Crippen LogP contribution is -2.11. The van der Waals surface area contributed by atoms with Gasteiger partial charge in [0.15, 0.2) is 5.76 Å². The number of carboxylic acid groups (broad SMARTS) is 1. The summed E-state index contributed by atoms with van der Waals surface area (Å²) in [5, 5.41) is 11.7. The minimum absolute atomic E-state index is 0.216. The van der Waals surface area contributed by atoms with Crippen molar-refractivity contribution in [2.45, 2.75) is 12.7 Å². The highest BCUT2D eigenvalue weighted by atomic mass is 32.2. The summed E-state index contributed by atoms with van der Waals surface area (Å²) in [6.45, 7) is 1.68. The van der Waals surface area contributed by atoms with Crippen LogP contribution in [0.15, 0.2) is 34.7 Å². The highest BCUT2D eigenvalue weighted by Gasteiger charge is 2.13. The third-order valence-electron chi connectivity index (χ3n) is 2.89. The predicted octanol–water partition coefficient (Wildman–Crippen LogP) is 3.40. The maximum Gasteiger partial charge on any atom is 0.335 e. The number of benzene rings is 1. The summed E-state index contributed by atoms with van der Waals surface area (Å²) in [6.07, 6.45) is 1.95. The SMILES string of the molecule is CSCc1ccc(C(=O)Nc2ccc(C(=O)O)c(C)c2)o1. The van der Waals surface area contributed by atoms with Gasteiger partial charge < -0.3 is 14.8 Å². The monoisotopic (exact) mass is 305 g/mol. The highest BCUT2D eigenvalue weighted by Crippen LogP contribution is 2.18. The largest absolute Gasteiger partial charge is 0.478 e. The third kappa shape index (κ3) is 3.66. The molecule has 0 aliphatic heterocycles. The van der Waals surface area contributed by atoms with Crippen LogP contribution in [0.5, 0.6) is 0 Å². The van der Waals surface area contributed by atoms with E-state index in [1.54, 1.807) is 43.0 Å². The Kier molecular flexibility index (Phi) is 4.70. The maximum absolute atomic E-state index is 12.0. The first-order valence-electron chi connectivity index (χ1n) is 6.24. The summed E-state index contributed by atoms with van der Waals surface area (Å²) in [7, 11) is 0. The fourth-order valence-electron chi connectivity index (χ4n) is 1.89. The zero-order chi connectivity index (χ0) is 15.4. The Labute approximate surface area is 126 Å². The Morgan fingerprint density at radius 3 is 2.67 bits per heavy atom. The van der Waals surface area contributed by atoms with Crippen molar-refractivity contribution in [1.82, 2.24) is 0 Å². The molecule has 1 aromatic carbocycles. The van der Waals surface area contributed by atoms with Crippen LogP contribution >= 0.6 is 11.8 Å². The molecule has 0 saturated heterocycles. The molecular formula is C15H15NO4S. The van der Waals surface area contributed by atoms with Crippen LogP contribution in [-0.4, -0.2) is 23.2 Å². The molecule has 0 unspecified atom stereocenters. The Hall–Kier alpha value is -2.21. The first kappa shape index (κ1) is 15.2. The van der Waals surface area contributed by atoms with Crippen LogP contribution in [0.25, 0.3) is 0 Å². The van der Waals surface area contributed by atoms with Crippen LogP contribution in [0.1, 0.15) is 32.2 Å². The van der Waals surface area contributed by atoms with Gasteiger partial charge in [0.1, 0.15) is 5.76 Å². The van der Waals surface area contributed by atoms with Crippen molar-refractivity contribution in [2.24, 2.45) is 0 Å². The minimum Gasteiger partial charge on any atom is -0.478 e. The maximum atomic E-state index is 12.0. The van der Waals surface area contributed by atoms with Crippen LogP contribution in [0.2, 0.25) is 0 Å². The molecule has 6 heteroatoms. The van der Waals surface area contributed by atoms with E-state index in [9.17, 15) is 9.59 Å². The number of hydrogen-bond donors (Lipinski definition) is 2. The molecule has 2 N–H and O–H groups in total. The van der Waals surface area contributed by atoms with Crippen molar-refractivity contribution in [3.05, 3.63) is 53.0 Å². The lowest BCUT2D eigenvalue weighted by Gasteiger charge is -2.06. The van der Waals surface area contributed by atoms with Crippen molar-refractivity contribution >= 4 is 29.3 Å². The number of rotatable bonds is 5. The number of furan rings is 1. The molecule has 1 aromatic heterocycles. The lowest BCUT2D eigenvalue weighted by atomic mass is 10.1. The Bertz CT molecular complexity index is 678. The molecule has 0 fully saturated rings. The smallest absolute Gasteiger partial charge is 0.335 e. The zero-order valence-corrected chi connectivity index (χ0v) is 12.5. The molecule has 0 aliphatic rings. The molecule has 21 heavy (non-hydrogen) atoms. The standard InChI is InChI=1S/C15H15NO4S/c1-9-7-10(3-5-12(9)15(18)19)16-14(17)13-6-4-11(20-13)8-21-2/h3-7H,8H2,1-2H3,(H,16,17)(H,18,19). The second kappa shape index (κ2) is 6.49. The zero-order valence-electron chi connectivity index (χ0n) is 11.7. The van der Waals surface area contributed by atoms with E-state index in [2.05, 4.69) is 5.32 Å². The van der Waals surface area contributed by atoms with Crippen molar-refractivity contribution in [3.8, 4) is 0 Å². The van der Waals surface area contributed by atoms with Gasteiger partial charge in [0.05, 0.1) is 11.3 Å². The van der Waals surface area contributed by atoms with Crippen molar-refractivity contribution in [2.75, 3.05) is 11.6 Å². The number of amides is 1. The molecule has 0 atom stereocenters. The predicted molar refractivity (Wildman–Crippen MR) is 82.0 cm³/mol. The van der Waals surface area contributed by atoms with E-state index in [0.717, 1.165) is 5.76 Å². The number of hydrogen-bond acceptors (Lipinski definition) is 4. The van der Waals surface area contributed by atoms with E-state index in [0.29, 0.717) is 17.0 Å². The Morgan fingerprint density at radius 1 is 1.29 bits per heavy atom. The van der Waals surface area contributed by atoms with Gasteiger partial charge in [0, 0.05) is 5.69 Å². The molecule has 0 saturated carbocycles. The van der Waals surface area contributed by atoms with E-state index < -0.39 is 5.97 Å². The Morgan fingerprint density at radius 2 is 2.05 bits per heavy atom. The summed E-state index contributed by atoms with van der Waals surface area (Å²) in [6, 6.07) is 8.03. The molecule has 5 nitrogen and oxygen atoms in total. The van der Waals surface area contributed by atoms with Crippen LogP contribution in [-0.2, 0) is 5.75 Å². The Balaban J connectivity index is 2.11. The third-order valence-corrected chi connectivity index (χ3v) is 3.46. The molecule has 0 radical (unpaired) electrons. The van der Waals surface area contributed by atoms with Gasteiger partial charge in [0.2, 0.25) is 0 Å². The van der Waals surface area contributed by atoms with Gasteiger partial charge in [-0.15, -0.1) is 0 Å². The fraction of sp³-hybridized carbons (Fsp3) is 0.200. The fourth-order valence-corrected chi connectivity index (χ4v) is 2.33. The molecule has 1 heterocycles. The van der Waals surface area contributed by atoms with Crippen LogP contribution in [0.4, 0.5) is 5.69 Å². The van der Waals surface area contributed by atoms with E-state index >= 15 is 0 Å². The van der Waals surface area contributed by atoms with Crippen LogP contribution in [0.3, 0.4) is 0 Å². The molecule has 2 aromatic rings. The molecule has 0 spiro atoms. The van der Waals surface area contributed by atoms with Gasteiger partial charge in [-0.25, -0.2) is 4.79 Å². The normalized spacial score (nSPS) is 10.4. The number of anilines is 1. The van der Waals surface area contributed by atoms with Gasteiger partial charge in [-0.2, -0.15) is 11.8 Å². The second-order valence-electron chi connectivity index (χ2n) is 4.49. The van der Waals surface area contributed by atoms with Gasteiger partial charge in [0.25, 0.3) is 5.91 Å². The summed E-state index contributed by atoms with van der Waals surface area (Å²) in [5.74, 6) is 0.340. The van der Waals surface area contributed by atoms with Crippen molar-refractivity contribution in [1.29, 1.82) is 0 Å². The average Bonchev–Trinajstić information content (AvgIpc) is 2.87. The van der Waals surface area contributed by atoms with Crippen molar-refractivity contribution < 1.29 is 19.1 Å². The topological polar surface area (TPSA) is 79.5 Å². The number of nitrogens with one attached hydrogen (secondary N) is 1. The summed E-state index contributed by atoms with van der Waals surface area (Å²) in [4.78, 5) is 23.0. The van der Waals surface area contributed by atoms with Gasteiger partial charge >= 0.3 is 5.97 Å². The molecule has 0 aliphatic carbocycles. The lowest BCUT2D eigenvalue weighted by molar-refractivity contribution is 0.0696. The molecule has 2 rings (SSSR count). The number of thioether (sulfide) groups is 1. The molecule has 0 bridgehead atoms. The number of carboxylic acids is 1. The van der Waals surface area contributed by atoms with E-state index in [-0.39, 0.29) is 17.2 Å². The number of carbonyl (C=O) groups is 2. The molecular weight excluding hydrogens is 290 g/mol. The first-order chi connectivity index (χ1) is 10.0. The first-order valence-corrected chi connectivity index (χ1v) is 7.63. The summed E-state index contributed by atoms with van der Waals surface area (Å²) < 4.78 is 5.42.